The lowest BCUT2D eigenvalue weighted by Crippen LogP contribution is -2.44. The van der Waals surface area contributed by atoms with Gasteiger partial charge in [-0.1, -0.05) is 19.6 Å². The molecule has 0 aromatic heterocycles. The fourth-order valence-corrected chi connectivity index (χ4v) is 1.28. The zero-order valence-corrected chi connectivity index (χ0v) is 6.94. The predicted molar refractivity (Wildman–Crippen MR) is 37.4 cm³/mol. The second kappa shape index (κ2) is 2.47. The van der Waals surface area contributed by atoms with Gasteiger partial charge in [0.05, 0.1) is 8.07 Å². The first-order valence-electron chi connectivity index (χ1n) is 2.79. The zero-order chi connectivity index (χ0) is 7.65. The van der Waals surface area contributed by atoms with Gasteiger partial charge in [-0.15, -0.1) is 0 Å². The summed E-state index contributed by atoms with van der Waals surface area (Å²) in [4.78, 5) is 10.2. The summed E-state index contributed by atoms with van der Waals surface area (Å²) in [5.41, 5.74) is 4.74. The van der Waals surface area contributed by atoms with E-state index < -0.39 is 19.8 Å². The van der Waals surface area contributed by atoms with Gasteiger partial charge >= 0.3 is 0 Å². The molecule has 0 aliphatic rings. The number of amides is 1. The Hall–Kier alpha value is -0.383. The highest BCUT2D eigenvalue weighted by Gasteiger charge is 2.30. The molecule has 0 aromatic rings. The largest absolute Gasteiger partial charge is 0.367 e. The molecular weight excluding hydrogens is 137 g/mol. The van der Waals surface area contributed by atoms with Crippen LogP contribution in [-0.2, 0) is 4.79 Å². The van der Waals surface area contributed by atoms with Crippen LogP contribution in [0.15, 0.2) is 0 Å². The van der Waals surface area contributed by atoms with Crippen molar-refractivity contribution in [2.24, 2.45) is 5.73 Å². The van der Waals surface area contributed by atoms with E-state index in [9.17, 15) is 9.18 Å². The average Bonchev–Trinajstić information content (AvgIpc) is 1.62. The van der Waals surface area contributed by atoms with Gasteiger partial charge in [0.2, 0.25) is 5.91 Å². The second-order valence-electron chi connectivity index (χ2n) is 3.13. The summed E-state index contributed by atoms with van der Waals surface area (Å²) in [6, 6.07) is 0. The molecule has 0 rings (SSSR count). The van der Waals surface area contributed by atoms with E-state index in [1.165, 1.54) is 0 Å². The van der Waals surface area contributed by atoms with Gasteiger partial charge in [-0.05, 0) is 0 Å². The molecule has 2 N–H and O–H groups in total. The molecule has 1 amide bonds. The molecule has 4 heteroatoms. The van der Waals surface area contributed by atoms with Gasteiger partial charge in [-0.3, -0.25) is 4.79 Å². The number of rotatable bonds is 2. The Balaban J connectivity index is 4.04. The van der Waals surface area contributed by atoms with Crippen LogP contribution in [0, 0.1) is 0 Å². The van der Waals surface area contributed by atoms with Gasteiger partial charge in [0, 0.05) is 0 Å². The lowest BCUT2D eigenvalue weighted by Gasteiger charge is -2.17. The quantitative estimate of drug-likeness (QED) is 0.577. The van der Waals surface area contributed by atoms with Crippen molar-refractivity contribution in [3.05, 3.63) is 0 Å². The molecule has 0 bridgehead atoms. The minimum atomic E-state index is -1.96. The lowest BCUT2D eigenvalue weighted by atomic mass is 10.7. The number of primary amides is 1. The highest BCUT2D eigenvalue weighted by atomic mass is 28.3. The van der Waals surface area contributed by atoms with Gasteiger partial charge in [-0.2, -0.15) is 0 Å². The summed E-state index contributed by atoms with van der Waals surface area (Å²) in [5.74, 6) is -2.23. The van der Waals surface area contributed by atoms with Crippen LogP contribution in [0.5, 0.6) is 0 Å². The van der Waals surface area contributed by atoms with E-state index in [1.54, 1.807) is 19.6 Å². The fourth-order valence-electron chi connectivity index (χ4n) is 0.427. The Kier molecular flexibility index (Phi) is 2.37. The van der Waals surface area contributed by atoms with Gasteiger partial charge in [0.25, 0.3) is 0 Å². The molecule has 0 heterocycles. The number of carbonyl (C=O) groups excluding carboxylic acids is 1. The monoisotopic (exact) mass is 149 g/mol. The fraction of sp³-hybridized carbons (Fsp3) is 0.800. The van der Waals surface area contributed by atoms with Crippen LogP contribution in [0.2, 0.25) is 19.6 Å². The van der Waals surface area contributed by atoms with E-state index in [4.69, 9.17) is 5.73 Å². The van der Waals surface area contributed by atoms with E-state index in [2.05, 4.69) is 0 Å². The van der Waals surface area contributed by atoms with E-state index in [-0.39, 0.29) is 0 Å². The maximum absolute atomic E-state index is 12.6. The van der Waals surface area contributed by atoms with Crippen molar-refractivity contribution in [3.8, 4) is 0 Å². The highest BCUT2D eigenvalue weighted by molar-refractivity contribution is 6.80. The molecule has 0 saturated heterocycles. The van der Waals surface area contributed by atoms with Crippen molar-refractivity contribution < 1.29 is 9.18 Å². The van der Waals surface area contributed by atoms with Crippen molar-refractivity contribution >= 4 is 14.0 Å². The summed E-state index contributed by atoms with van der Waals surface area (Å²) in [7, 11) is -1.96. The molecule has 2 nitrogen and oxygen atoms in total. The summed E-state index contributed by atoms with van der Waals surface area (Å²) in [5, 5.41) is 0. The molecule has 9 heavy (non-hydrogen) atoms. The maximum Gasteiger partial charge on any atom is 0.248 e. The smallest absolute Gasteiger partial charge is 0.248 e. The first-order valence-corrected chi connectivity index (χ1v) is 6.37. The van der Waals surface area contributed by atoms with Gasteiger partial charge in [0.1, 0.15) is 0 Å². The third-order valence-electron chi connectivity index (χ3n) is 1.01. The Bertz CT molecular complexity index is 121. The molecule has 0 radical (unpaired) electrons. The third kappa shape index (κ3) is 2.60. The Morgan fingerprint density at radius 1 is 1.56 bits per heavy atom. The minimum absolute atomic E-state index is 0.825. The van der Waals surface area contributed by atoms with Crippen LogP contribution in [0.3, 0.4) is 0 Å². The van der Waals surface area contributed by atoms with Crippen LogP contribution < -0.4 is 5.73 Å². The van der Waals surface area contributed by atoms with Gasteiger partial charge < -0.3 is 5.73 Å². The molecule has 0 aliphatic heterocycles. The normalized spacial score (nSPS) is 15.1. The number of nitrogens with two attached hydrogens (primary N) is 1. The number of carbonyl (C=O) groups is 1. The standard InChI is InChI=1S/C5H12FNOSi/c1-9(2,3)4(6)5(7)8/h4H,1-3H3,(H2,7,8). The minimum Gasteiger partial charge on any atom is -0.367 e. The van der Waals surface area contributed by atoms with Crippen LogP contribution in [0.4, 0.5) is 4.39 Å². The highest BCUT2D eigenvalue weighted by Crippen LogP contribution is 2.09. The summed E-state index contributed by atoms with van der Waals surface area (Å²) < 4.78 is 12.6. The van der Waals surface area contributed by atoms with Crippen LogP contribution in [0.1, 0.15) is 0 Å². The van der Waals surface area contributed by atoms with E-state index in [0.717, 1.165) is 0 Å². The summed E-state index contributed by atoms with van der Waals surface area (Å²) >= 11 is 0. The Morgan fingerprint density at radius 3 is 1.89 bits per heavy atom. The summed E-state index contributed by atoms with van der Waals surface area (Å²) in [6.07, 6.45) is 0. The maximum atomic E-state index is 12.6. The Labute approximate surface area is 55.2 Å². The number of hydrogen-bond acceptors (Lipinski definition) is 1. The van der Waals surface area contributed by atoms with E-state index >= 15 is 0 Å². The first kappa shape index (κ1) is 8.62. The van der Waals surface area contributed by atoms with Crippen molar-refractivity contribution in [3.63, 3.8) is 0 Å². The zero-order valence-electron chi connectivity index (χ0n) is 5.94. The van der Waals surface area contributed by atoms with Crippen LogP contribution in [0.25, 0.3) is 0 Å². The van der Waals surface area contributed by atoms with E-state index in [1.807, 2.05) is 0 Å². The molecule has 54 valence electrons. The third-order valence-corrected chi connectivity index (χ3v) is 2.82. The topological polar surface area (TPSA) is 43.1 Å². The van der Waals surface area contributed by atoms with Gasteiger partial charge in [0.15, 0.2) is 5.79 Å². The van der Waals surface area contributed by atoms with Crippen molar-refractivity contribution in [1.29, 1.82) is 0 Å². The second-order valence-corrected chi connectivity index (χ2v) is 8.37. The first-order chi connectivity index (χ1) is 3.85. The molecule has 1 unspecified atom stereocenters. The molecule has 0 spiro atoms. The van der Waals surface area contributed by atoms with Crippen molar-refractivity contribution in [2.45, 2.75) is 25.4 Å². The molecule has 0 fully saturated rings. The number of halogens is 1. The Morgan fingerprint density at radius 2 is 1.89 bits per heavy atom. The average molecular weight is 149 g/mol. The molecule has 0 aromatic carbocycles. The van der Waals surface area contributed by atoms with Crippen molar-refractivity contribution in [2.75, 3.05) is 0 Å². The molecular formula is C5H12FNOSi. The molecule has 0 saturated carbocycles. The summed E-state index contributed by atoms with van der Waals surface area (Å²) in [6.45, 7) is 5.30. The molecule has 0 aliphatic carbocycles. The number of hydrogen-bond donors (Lipinski definition) is 1. The number of alkyl halides is 1. The van der Waals surface area contributed by atoms with Crippen molar-refractivity contribution in [1.82, 2.24) is 0 Å². The SMILES string of the molecule is C[Si](C)(C)C(F)C(N)=O. The van der Waals surface area contributed by atoms with Crippen LogP contribution >= 0.6 is 0 Å². The molecule has 1 atom stereocenters. The van der Waals surface area contributed by atoms with E-state index in [0.29, 0.717) is 0 Å². The van der Waals surface area contributed by atoms with Crippen LogP contribution in [-0.4, -0.2) is 19.8 Å². The van der Waals surface area contributed by atoms with Gasteiger partial charge in [-0.25, -0.2) is 4.39 Å². The predicted octanol–water partition coefficient (Wildman–Crippen LogP) is 0.687. The lowest BCUT2D eigenvalue weighted by molar-refractivity contribution is -0.120.